The van der Waals surface area contributed by atoms with Crippen LogP contribution in [0.3, 0.4) is 0 Å². The first kappa shape index (κ1) is 17.4. The highest BCUT2D eigenvalue weighted by Gasteiger charge is 2.21. The highest BCUT2D eigenvalue weighted by atomic mass is 79.9. The summed E-state index contributed by atoms with van der Waals surface area (Å²) < 4.78 is 29.1. The van der Waals surface area contributed by atoms with Gasteiger partial charge in [-0.1, -0.05) is 6.07 Å². The van der Waals surface area contributed by atoms with Crippen molar-refractivity contribution in [3.63, 3.8) is 0 Å². The molecule has 3 aromatic rings. The lowest BCUT2D eigenvalue weighted by molar-refractivity contribution is 0.211. The van der Waals surface area contributed by atoms with E-state index in [-0.39, 0.29) is 0 Å². The van der Waals surface area contributed by atoms with Crippen molar-refractivity contribution in [2.45, 2.75) is 25.4 Å². The molecule has 1 saturated heterocycles. The predicted molar refractivity (Wildman–Crippen MR) is 99.0 cm³/mol. The van der Waals surface area contributed by atoms with Gasteiger partial charge >= 0.3 is 0 Å². The molecule has 1 aliphatic rings. The fourth-order valence-electron chi connectivity index (χ4n) is 3.34. The van der Waals surface area contributed by atoms with Crippen LogP contribution in [0.1, 0.15) is 18.4 Å². The van der Waals surface area contributed by atoms with Gasteiger partial charge in [-0.2, -0.15) is 5.10 Å². The highest BCUT2D eigenvalue weighted by Crippen LogP contribution is 2.23. The molecule has 0 spiro atoms. The van der Waals surface area contributed by atoms with Crippen molar-refractivity contribution in [3.8, 4) is 0 Å². The van der Waals surface area contributed by atoms with Gasteiger partial charge in [0.05, 0.1) is 0 Å². The molecule has 4 rings (SSSR count). The molecule has 0 atom stereocenters. The number of fused-ring (bicyclic) bond motifs is 1. The van der Waals surface area contributed by atoms with Gasteiger partial charge in [-0.05, 0) is 58.6 Å². The summed E-state index contributed by atoms with van der Waals surface area (Å²) in [5.41, 5.74) is 1.73. The average Bonchev–Trinajstić information content (AvgIpc) is 3.02. The van der Waals surface area contributed by atoms with Crippen molar-refractivity contribution >= 4 is 27.3 Å². The Kier molecular flexibility index (Phi) is 4.86. The number of halogens is 3. The summed E-state index contributed by atoms with van der Waals surface area (Å²) in [4.78, 5) is 6.62. The van der Waals surface area contributed by atoms with Crippen LogP contribution in [-0.4, -0.2) is 38.6 Å². The number of hydrogen-bond donors (Lipinski definition) is 1. The van der Waals surface area contributed by atoms with Crippen molar-refractivity contribution in [2.24, 2.45) is 0 Å². The first-order chi connectivity index (χ1) is 12.6. The lowest BCUT2D eigenvalue weighted by Crippen LogP contribution is -2.38. The van der Waals surface area contributed by atoms with Crippen LogP contribution in [0, 0.1) is 11.6 Å². The van der Waals surface area contributed by atoms with Gasteiger partial charge in [0.25, 0.3) is 0 Å². The molecule has 1 fully saturated rings. The number of nitrogens with zero attached hydrogens (tertiary/aromatic N) is 4. The van der Waals surface area contributed by atoms with E-state index in [0.717, 1.165) is 47.4 Å². The summed E-state index contributed by atoms with van der Waals surface area (Å²) >= 11 is 3.46. The van der Waals surface area contributed by atoms with Crippen molar-refractivity contribution in [1.29, 1.82) is 0 Å². The van der Waals surface area contributed by atoms with E-state index in [0.29, 0.717) is 12.6 Å². The smallest absolute Gasteiger partial charge is 0.159 e. The molecule has 5 nitrogen and oxygen atoms in total. The van der Waals surface area contributed by atoms with Crippen LogP contribution in [0.15, 0.2) is 41.3 Å². The molecule has 0 aliphatic carbocycles. The number of hydrogen-bond acceptors (Lipinski definition) is 4. The monoisotopic (exact) mass is 421 g/mol. The maximum absolute atomic E-state index is 13.3. The molecule has 0 amide bonds. The minimum Gasteiger partial charge on any atom is -0.365 e. The number of benzene rings is 1. The lowest BCUT2D eigenvalue weighted by Gasteiger charge is -2.32. The molecule has 1 aliphatic heterocycles. The number of piperidine rings is 1. The Bertz CT molecular complexity index is 921. The summed E-state index contributed by atoms with van der Waals surface area (Å²) in [6.07, 6.45) is 3.46. The van der Waals surface area contributed by atoms with E-state index in [2.05, 4.69) is 36.2 Å². The SMILES string of the molecule is Fc1ccc(CN2CCC(Nc3ncnn4c(Br)ccc34)CC2)cc1F. The Balaban J connectivity index is 1.36. The minimum absolute atomic E-state index is 0.323. The summed E-state index contributed by atoms with van der Waals surface area (Å²) in [5, 5.41) is 7.73. The lowest BCUT2D eigenvalue weighted by atomic mass is 10.0. The van der Waals surface area contributed by atoms with Crippen molar-refractivity contribution in [3.05, 3.63) is 58.5 Å². The Labute approximate surface area is 158 Å². The van der Waals surface area contributed by atoms with Crippen molar-refractivity contribution < 1.29 is 8.78 Å². The van der Waals surface area contributed by atoms with E-state index in [9.17, 15) is 8.78 Å². The van der Waals surface area contributed by atoms with Gasteiger partial charge in [-0.15, -0.1) is 0 Å². The predicted octanol–water partition coefficient (Wildman–Crippen LogP) is 3.85. The molecule has 1 aromatic carbocycles. The number of aromatic nitrogens is 3. The van der Waals surface area contributed by atoms with E-state index in [1.54, 1.807) is 10.6 Å². The Hall–Kier alpha value is -2.06. The first-order valence-corrected chi connectivity index (χ1v) is 9.30. The fraction of sp³-hybridized carbons (Fsp3) is 0.333. The van der Waals surface area contributed by atoms with E-state index in [1.165, 1.54) is 18.5 Å². The molecule has 0 unspecified atom stereocenters. The Morgan fingerprint density at radius 1 is 1.12 bits per heavy atom. The number of anilines is 1. The Morgan fingerprint density at radius 3 is 2.69 bits per heavy atom. The quantitative estimate of drug-likeness (QED) is 0.694. The summed E-state index contributed by atoms with van der Waals surface area (Å²) in [5.74, 6) is -0.764. The molecule has 0 saturated carbocycles. The minimum atomic E-state index is -0.801. The van der Waals surface area contributed by atoms with E-state index in [1.807, 2.05) is 12.1 Å². The van der Waals surface area contributed by atoms with Crippen molar-refractivity contribution in [2.75, 3.05) is 18.4 Å². The zero-order valence-corrected chi connectivity index (χ0v) is 15.6. The maximum Gasteiger partial charge on any atom is 0.159 e. The number of rotatable bonds is 4. The summed E-state index contributed by atoms with van der Waals surface area (Å²) in [6, 6.07) is 8.36. The van der Waals surface area contributed by atoms with Gasteiger partial charge in [-0.3, -0.25) is 4.90 Å². The zero-order chi connectivity index (χ0) is 18.1. The van der Waals surface area contributed by atoms with Crippen LogP contribution in [0.25, 0.3) is 5.52 Å². The Morgan fingerprint density at radius 2 is 1.92 bits per heavy atom. The van der Waals surface area contributed by atoms with Crippen LogP contribution in [-0.2, 0) is 6.54 Å². The molecule has 0 bridgehead atoms. The van der Waals surface area contributed by atoms with Crippen LogP contribution in [0.2, 0.25) is 0 Å². The second-order valence-corrected chi connectivity index (χ2v) is 7.32. The van der Waals surface area contributed by atoms with Gasteiger partial charge in [0.2, 0.25) is 0 Å². The first-order valence-electron chi connectivity index (χ1n) is 8.51. The highest BCUT2D eigenvalue weighted by molar-refractivity contribution is 9.10. The fourth-order valence-corrected chi connectivity index (χ4v) is 3.75. The largest absolute Gasteiger partial charge is 0.365 e. The standard InChI is InChI=1S/C18H18BrF2N5/c19-17-4-3-16-18(22-11-23-26(16)17)24-13-5-7-25(8-6-13)10-12-1-2-14(20)15(21)9-12/h1-4,9,11,13H,5-8,10H2,(H,22,23,24). The second kappa shape index (κ2) is 7.28. The molecule has 1 N–H and O–H groups in total. The van der Waals surface area contributed by atoms with Crippen LogP contribution in [0.4, 0.5) is 14.6 Å². The third-order valence-corrected chi connectivity index (χ3v) is 5.32. The van der Waals surface area contributed by atoms with Crippen molar-refractivity contribution in [1.82, 2.24) is 19.5 Å². The molecule has 26 heavy (non-hydrogen) atoms. The molecular weight excluding hydrogens is 404 g/mol. The normalized spacial score (nSPS) is 16.3. The molecule has 136 valence electrons. The molecule has 3 heterocycles. The average molecular weight is 422 g/mol. The topological polar surface area (TPSA) is 45.5 Å². The van der Waals surface area contributed by atoms with E-state index < -0.39 is 11.6 Å². The zero-order valence-electron chi connectivity index (χ0n) is 14.0. The van der Waals surface area contributed by atoms with Gasteiger partial charge < -0.3 is 5.32 Å². The van der Waals surface area contributed by atoms with Gasteiger partial charge in [0.1, 0.15) is 16.4 Å². The van der Waals surface area contributed by atoms with Crippen LogP contribution in [0.5, 0.6) is 0 Å². The number of nitrogens with one attached hydrogen (secondary N) is 1. The van der Waals surface area contributed by atoms with Crippen LogP contribution < -0.4 is 5.32 Å². The number of likely N-dealkylation sites (tertiary alicyclic amines) is 1. The van der Waals surface area contributed by atoms with E-state index >= 15 is 0 Å². The van der Waals surface area contributed by atoms with E-state index in [4.69, 9.17) is 0 Å². The molecular formula is C18H18BrF2N5. The third kappa shape index (κ3) is 3.57. The molecule has 2 aromatic heterocycles. The second-order valence-electron chi connectivity index (χ2n) is 6.50. The van der Waals surface area contributed by atoms with Gasteiger partial charge in [0.15, 0.2) is 17.5 Å². The van der Waals surface area contributed by atoms with Crippen LogP contribution >= 0.6 is 15.9 Å². The van der Waals surface area contributed by atoms with Gasteiger partial charge in [0, 0.05) is 25.7 Å². The molecule has 8 heteroatoms. The summed E-state index contributed by atoms with van der Waals surface area (Å²) in [7, 11) is 0. The van der Waals surface area contributed by atoms with Gasteiger partial charge in [-0.25, -0.2) is 18.3 Å². The molecule has 0 radical (unpaired) electrons. The third-order valence-electron chi connectivity index (χ3n) is 4.72. The summed E-state index contributed by atoms with van der Waals surface area (Å²) in [6.45, 7) is 2.42. The maximum atomic E-state index is 13.3.